The second-order valence-electron chi connectivity index (χ2n) is 9.15. The highest BCUT2D eigenvalue weighted by atomic mass is 16.5. The van der Waals surface area contributed by atoms with Gasteiger partial charge in [-0.2, -0.15) is 0 Å². The van der Waals surface area contributed by atoms with E-state index in [9.17, 15) is 9.59 Å². The summed E-state index contributed by atoms with van der Waals surface area (Å²) < 4.78 is 5.00. The molecule has 4 saturated carbocycles. The van der Waals surface area contributed by atoms with E-state index in [1.54, 1.807) is 13.0 Å². The Morgan fingerprint density at radius 3 is 2.37 bits per heavy atom. The van der Waals surface area contributed by atoms with Gasteiger partial charge in [-0.3, -0.25) is 9.59 Å². The van der Waals surface area contributed by atoms with Gasteiger partial charge in [-0.05, 0) is 69.6 Å². The number of hydrogen-bond acceptors (Lipinski definition) is 4. The molecule has 27 heavy (non-hydrogen) atoms. The molecule has 4 bridgehead atoms. The number of amides is 2. The van der Waals surface area contributed by atoms with Gasteiger partial charge in [-0.1, -0.05) is 18.5 Å². The van der Waals surface area contributed by atoms with Crippen molar-refractivity contribution < 1.29 is 14.1 Å². The van der Waals surface area contributed by atoms with Gasteiger partial charge in [0.1, 0.15) is 5.76 Å². The lowest BCUT2D eigenvalue weighted by molar-refractivity contribution is -0.158. The molecule has 0 saturated heterocycles. The fourth-order valence-electron chi connectivity index (χ4n) is 6.09. The first-order valence-corrected chi connectivity index (χ1v) is 10.5. The van der Waals surface area contributed by atoms with Gasteiger partial charge in [-0.25, -0.2) is 0 Å². The van der Waals surface area contributed by atoms with Gasteiger partial charge in [0, 0.05) is 12.6 Å². The number of aryl methyl sites for hydroxylation is 1. The van der Waals surface area contributed by atoms with Crippen LogP contribution in [0.3, 0.4) is 0 Å². The summed E-state index contributed by atoms with van der Waals surface area (Å²) in [7, 11) is 0. The molecule has 6 heteroatoms. The zero-order chi connectivity index (χ0) is 19.0. The molecule has 0 radical (unpaired) electrons. The molecule has 4 aliphatic carbocycles. The maximum atomic E-state index is 13.6. The lowest BCUT2D eigenvalue weighted by atomic mass is 9.49. The Morgan fingerprint density at radius 2 is 1.85 bits per heavy atom. The summed E-state index contributed by atoms with van der Waals surface area (Å²) in [5.74, 6) is 3.26. The van der Waals surface area contributed by atoms with Crippen molar-refractivity contribution in [2.75, 3.05) is 18.4 Å². The molecule has 4 aliphatic rings. The second-order valence-corrected chi connectivity index (χ2v) is 9.15. The normalized spacial score (nSPS) is 31.1. The van der Waals surface area contributed by atoms with Gasteiger partial charge < -0.3 is 14.7 Å². The Morgan fingerprint density at radius 1 is 1.22 bits per heavy atom. The summed E-state index contributed by atoms with van der Waals surface area (Å²) in [4.78, 5) is 28.0. The van der Waals surface area contributed by atoms with Crippen molar-refractivity contribution >= 4 is 17.6 Å². The fourth-order valence-corrected chi connectivity index (χ4v) is 6.09. The van der Waals surface area contributed by atoms with E-state index in [0.717, 1.165) is 49.9 Å². The number of carbonyl (C=O) groups is 2. The number of unbranched alkanes of at least 4 members (excludes halogenated alkanes) is 1. The molecule has 1 aromatic heterocycles. The zero-order valence-electron chi connectivity index (χ0n) is 16.5. The Hall–Kier alpha value is -1.85. The fraction of sp³-hybridized carbons (Fsp3) is 0.762. The van der Waals surface area contributed by atoms with Crippen LogP contribution >= 0.6 is 0 Å². The highest BCUT2D eigenvalue weighted by Crippen LogP contribution is 2.60. The van der Waals surface area contributed by atoms with Gasteiger partial charge in [0.05, 0.1) is 12.0 Å². The molecule has 0 spiro atoms. The highest BCUT2D eigenvalue weighted by molar-refractivity contribution is 5.94. The molecule has 148 valence electrons. The maximum absolute atomic E-state index is 13.6. The first kappa shape index (κ1) is 18.5. The molecule has 6 nitrogen and oxygen atoms in total. The third-order valence-corrected chi connectivity index (χ3v) is 6.79. The topological polar surface area (TPSA) is 75.4 Å². The summed E-state index contributed by atoms with van der Waals surface area (Å²) in [6.45, 7) is 4.66. The Kier molecular flexibility index (Phi) is 4.99. The highest BCUT2D eigenvalue weighted by Gasteiger charge is 2.55. The monoisotopic (exact) mass is 373 g/mol. The van der Waals surface area contributed by atoms with Gasteiger partial charge >= 0.3 is 0 Å². The van der Waals surface area contributed by atoms with Crippen LogP contribution in [0.5, 0.6) is 0 Å². The van der Waals surface area contributed by atoms with Crippen LogP contribution in [0.1, 0.15) is 64.1 Å². The van der Waals surface area contributed by atoms with Crippen molar-refractivity contribution in [3.8, 4) is 0 Å². The van der Waals surface area contributed by atoms with Crippen molar-refractivity contribution in [1.29, 1.82) is 0 Å². The van der Waals surface area contributed by atoms with Crippen LogP contribution in [-0.4, -0.2) is 35.0 Å². The molecule has 4 fully saturated rings. The molecule has 0 aromatic carbocycles. The predicted molar refractivity (Wildman–Crippen MR) is 102 cm³/mol. The van der Waals surface area contributed by atoms with Crippen molar-refractivity contribution in [1.82, 2.24) is 10.1 Å². The lowest BCUT2D eigenvalue weighted by Crippen LogP contribution is -2.55. The minimum atomic E-state index is -0.201. The van der Waals surface area contributed by atoms with Crippen LogP contribution in [-0.2, 0) is 9.59 Å². The SMILES string of the molecule is CCCCN(CC(=O)Nc1cc(C)on1)C(=O)C12CC3CC(CC(C3)C1)C2. The minimum Gasteiger partial charge on any atom is -0.360 e. The first-order valence-electron chi connectivity index (χ1n) is 10.5. The van der Waals surface area contributed by atoms with E-state index in [2.05, 4.69) is 17.4 Å². The molecule has 5 rings (SSSR count). The molecule has 1 heterocycles. The molecule has 0 aliphatic heterocycles. The Labute approximate surface area is 161 Å². The average molecular weight is 373 g/mol. The number of aromatic nitrogens is 1. The van der Waals surface area contributed by atoms with Gasteiger partial charge in [-0.15, -0.1) is 0 Å². The second kappa shape index (κ2) is 7.28. The van der Waals surface area contributed by atoms with Crippen molar-refractivity contribution in [3.63, 3.8) is 0 Å². The number of rotatable bonds is 7. The molecule has 1 N–H and O–H groups in total. The summed E-state index contributed by atoms with van der Waals surface area (Å²) in [5, 5.41) is 6.57. The third-order valence-electron chi connectivity index (χ3n) is 6.79. The molecule has 0 unspecified atom stereocenters. The molecule has 1 aromatic rings. The predicted octanol–water partition coefficient (Wildman–Crippen LogP) is 3.77. The molecule has 0 atom stereocenters. The van der Waals surface area contributed by atoms with Gasteiger partial charge in [0.15, 0.2) is 5.82 Å². The van der Waals surface area contributed by atoms with E-state index >= 15 is 0 Å². The van der Waals surface area contributed by atoms with Gasteiger partial charge in [0.25, 0.3) is 0 Å². The number of carbonyl (C=O) groups excluding carboxylic acids is 2. The number of nitrogens with one attached hydrogen (secondary N) is 1. The smallest absolute Gasteiger partial charge is 0.245 e. The van der Waals surface area contributed by atoms with Crippen molar-refractivity contribution in [2.24, 2.45) is 23.2 Å². The van der Waals surface area contributed by atoms with Crippen LogP contribution in [0.15, 0.2) is 10.6 Å². The van der Waals surface area contributed by atoms with Crippen LogP contribution in [0.4, 0.5) is 5.82 Å². The standard InChI is InChI=1S/C21H31N3O3/c1-3-4-5-24(13-19(25)22-18-6-14(2)27-23-18)20(26)21-10-15-7-16(11-21)9-17(8-15)12-21/h6,15-17H,3-5,7-13H2,1-2H3,(H,22,23,25). The van der Waals surface area contributed by atoms with E-state index < -0.39 is 0 Å². The summed E-state index contributed by atoms with van der Waals surface area (Å²) in [6, 6.07) is 1.69. The molecular weight excluding hydrogens is 342 g/mol. The Balaban J connectivity index is 1.46. The van der Waals surface area contributed by atoms with Gasteiger partial charge in [0.2, 0.25) is 11.8 Å². The largest absolute Gasteiger partial charge is 0.360 e. The van der Waals surface area contributed by atoms with Crippen molar-refractivity contribution in [3.05, 3.63) is 11.8 Å². The van der Waals surface area contributed by atoms with E-state index in [1.807, 2.05) is 4.90 Å². The van der Waals surface area contributed by atoms with E-state index in [-0.39, 0.29) is 23.8 Å². The average Bonchev–Trinajstić information content (AvgIpc) is 3.01. The zero-order valence-corrected chi connectivity index (χ0v) is 16.5. The Bertz CT molecular complexity index is 676. The third kappa shape index (κ3) is 3.76. The van der Waals surface area contributed by atoms with Crippen LogP contribution < -0.4 is 5.32 Å². The number of nitrogens with zero attached hydrogens (tertiary/aromatic N) is 2. The van der Waals surface area contributed by atoms with E-state index in [0.29, 0.717) is 18.1 Å². The maximum Gasteiger partial charge on any atom is 0.245 e. The van der Waals surface area contributed by atoms with E-state index in [1.165, 1.54) is 19.3 Å². The quantitative estimate of drug-likeness (QED) is 0.789. The summed E-state index contributed by atoms with van der Waals surface area (Å²) in [5.41, 5.74) is -0.201. The number of hydrogen-bond donors (Lipinski definition) is 1. The molecule has 2 amide bonds. The minimum absolute atomic E-state index is 0.104. The summed E-state index contributed by atoms with van der Waals surface area (Å²) >= 11 is 0. The summed E-state index contributed by atoms with van der Waals surface area (Å²) in [6.07, 6.45) is 8.97. The van der Waals surface area contributed by atoms with Crippen LogP contribution in [0.2, 0.25) is 0 Å². The molecular formula is C21H31N3O3. The number of anilines is 1. The van der Waals surface area contributed by atoms with Crippen LogP contribution in [0, 0.1) is 30.1 Å². The van der Waals surface area contributed by atoms with Crippen LogP contribution in [0.25, 0.3) is 0 Å². The lowest BCUT2D eigenvalue weighted by Gasteiger charge is -2.56. The van der Waals surface area contributed by atoms with E-state index in [4.69, 9.17) is 4.52 Å². The van der Waals surface area contributed by atoms with Crippen molar-refractivity contribution in [2.45, 2.75) is 65.2 Å². The first-order chi connectivity index (χ1) is 13.0.